The molecule has 1 fully saturated rings. The topological polar surface area (TPSA) is 84.9 Å². The maximum absolute atomic E-state index is 12.6. The van der Waals surface area contributed by atoms with E-state index >= 15 is 0 Å². The van der Waals surface area contributed by atoms with Crippen LogP contribution < -0.4 is 5.32 Å². The summed E-state index contributed by atoms with van der Waals surface area (Å²) < 4.78 is 9.96. The minimum absolute atomic E-state index is 0.161. The Hall–Kier alpha value is -2.83. The molecule has 1 saturated heterocycles. The van der Waals surface area contributed by atoms with Gasteiger partial charge >= 0.3 is 12.1 Å². The Morgan fingerprint density at radius 1 is 1.26 bits per heavy atom. The molecule has 7 nitrogen and oxygen atoms in total. The minimum Gasteiger partial charge on any atom is -0.466 e. The summed E-state index contributed by atoms with van der Waals surface area (Å²) in [6.45, 7) is 2.57. The number of benzene rings is 1. The number of hydrogen-bond donors (Lipinski definition) is 1. The van der Waals surface area contributed by atoms with Gasteiger partial charge in [-0.1, -0.05) is 43.7 Å². The standard InChI is InChI=1S/C20H26N2O5/c1-3-8-16(13-18(23)26-2)21-19(24)17-11-7-12-22(17)20(25)27-14-15-9-5-4-6-10-15/h4-6,9-10,13,17H,3,7-8,11-12,14H2,1-2H3,(H,21,24)/b16-13+/t17-/m0/s1. The summed E-state index contributed by atoms with van der Waals surface area (Å²) >= 11 is 0. The number of nitrogens with one attached hydrogen (secondary N) is 1. The molecule has 1 heterocycles. The van der Waals surface area contributed by atoms with Crippen LogP contribution in [0.4, 0.5) is 4.79 Å². The lowest BCUT2D eigenvalue weighted by Gasteiger charge is -2.24. The van der Waals surface area contributed by atoms with E-state index in [0.29, 0.717) is 25.1 Å². The van der Waals surface area contributed by atoms with E-state index in [4.69, 9.17) is 4.74 Å². The van der Waals surface area contributed by atoms with Crippen molar-refractivity contribution in [3.05, 3.63) is 47.7 Å². The van der Waals surface area contributed by atoms with Gasteiger partial charge in [0.2, 0.25) is 5.91 Å². The molecular weight excluding hydrogens is 348 g/mol. The zero-order chi connectivity index (χ0) is 19.6. The van der Waals surface area contributed by atoms with E-state index in [-0.39, 0.29) is 12.5 Å². The van der Waals surface area contributed by atoms with Crippen LogP contribution in [0.15, 0.2) is 42.1 Å². The first-order chi connectivity index (χ1) is 13.0. The smallest absolute Gasteiger partial charge is 0.410 e. The summed E-state index contributed by atoms with van der Waals surface area (Å²) in [6, 6.07) is 8.77. The third-order valence-corrected chi connectivity index (χ3v) is 4.29. The van der Waals surface area contributed by atoms with E-state index < -0.39 is 18.1 Å². The van der Waals surface area contributed by atoms with Crippen LogP contribution >= 0.6 is 0 Å². The zero-order valence-electron chi connectivity index (χ0n) is 15.8. The predicted octanol–water partition coefficient (Wildman–Crippen LogP) is 2.76. The van der Waals surface area contributed by atoms with Gasteiger partial charge in [0.25, 0.3) is 0 Å². The largest absolute Gasteiger partial charge is 0.466 e. The maximum atomic E-state index is 12.6. The number of rotatable bonds is 7. The van der Waals surface area contributed by atoms with E-state index in [0.717, 1.165) is 18.4 Å². The number of hydrogen-bond acceptors (Lipinski definition) is 5. The molecule has 0 unspecified atom stereocenters. The highest BCUT2D eigenvalue weighted by atomic mass is 16.6. The van der Waals surface area contributed by atoms with Gasteiger partial charge in [0.05, 0.1) is 7.11 Å². The molecule has 0 aromatic heterocycles. The van der Waals surface area contributed by atoms with Gasteiger partial charge < -0.3 is 14.8 Å². The quantitative estimate of drug-likeness (QED) is 0.586. The highest BCUT2D eigenvalue weighted by Gasteiger charge is 2.35. The number of amides is 2. The van der Waals surface area contributed by atoms with Gasteiger partial charge in [0.1, 0.15) is 12.6 Å². The molecule has 27 heavy (non-hydrogen) atoms. The van der Waals surface area contributed by atoms with Gasteiger partial charge in [-0.2, -0.15) is 0 Å². The summed E-state index contributed by atoms with van der Waals surface area (Å²) in [5, 5.41) is 2.76. The van der Waals surface area contributed by atoms with E-state index in [1.54, 1.807) is 0 Å². The molecule has 2 amide bonds. The summed E-state index contributed by atoms with van der Waals surface area (Å²) in [4.78, 5) is 37.9. The van der Waals surface area contributed by atoms with Gasteiger partial charge in [-0.05, 0) is 24.8 Å². The first kappa shape index (κ1) is 20.5. The van der Waals surface area contributed by atoms with E-state index in [2.05, 4.69) is 10.1 Å². The molecule has 1 aliphatic heterocycles. The Kier molecular flexibility index (Phi) is 7.85. The zero-order valence-corrected chi connectivity index (χ0v) is 15.8. The number of carbonyl (C=O) groups excluding carboxylic acids is 3. The summed E-state index contributed by atoms with van der Waals surface area (Å²) in [7, 11) is 1.28. The van der Waals surface area contributed by atoms with Crippen LogP contribution in [0.1, 0.15) is 38.2 Å². The number of esters is 1. The third kappa shape index (κ3) is 6.13. The number of ether oxygens (including phenoxy) is 2. The van der Waals surface area contributed by atoms with Crippen molar-refractivity contribution < 1.29 is 23.9 Å². The molecule has 0 spiro atoms. The van der Waals surface area contributed by atoms with Crippen molar-refractivity contribution in [2.45, 2.75) is 45.3 Å². The highest BCUT2D eigenvalue weighted by Crippen LogP contribution is 2.20. The Balaban J connectivity index is 1.96. The minimum atomic E-state index is -0.605. The van der Waals surface area contributed by atoms with E-state index in [1.165, 1.54) is 18.1 Å². The normalized spacial score (nSPS) is 16.7. The first-order valence-electron chi connectivity index (χ1n) is 9.11. The maximum Gasteiger partial charge on any atom is 0.410 e. The van der Waals surface area contributed by atoms with Crippen molar-refractivity contribution in [3.8, 4) is 0 Å². The Labute approximate surface area is 159 Å². The second kappa shape index (κ2) is 10.4. The molecule has 1 aliphatic rings. The van der Waals surface area contributed by atoms with Gasteiger partial charge in [-0.25, -0.2) is 9.59 Å². The second-order valence-electron chi connectivity index (χ2n) is 6.32. The van der Waals surface area contributed by atoms with Crippen molar-refractivity contribution in [2.24, 2.45) is 0 Å². The molecule has 146 valence electrons. The van der Waals surface area contributed by atoms with Crippen LogP contribution in [-0.4, -0.2) is 42.6 Å². The van der Waals surface area contributed by atoms with Crippen LogP contribution in [0.25, 0.3) is 0 Å². The van der Waals surface area contributed by atoms with Gasteiger partial charge in [0, 0.05) is 18.3 Å². The number of nitrogens with zero attached hydrogens (tertiary/aromatic N) is 1. The molecule has 0 bridgehead atoms. The van der Waals surface area contributed by atoms with Crippen molar-refractivity contribution in [1.29, 1.82) is 0 Å². The lowest BCUT2D eigenvalue weighted by Crippen LogP contribution is -2.45. The monoisotopic (exact) mass is 374 g/mol. The van der Waals surface area contributed by atoms with Crippen LogP contribution in [-0.2, 0) is 25.7 Å². The van der Waals surface area contributed by atoms with Crippen LogP contribution in [0, 0.1) is 0 Å². The fraction of sp³-hybridized carbons (Fsp3) is 0.450. The van der Waals surface area contributed by atoms with Gasteiger partial charge in [-0.15, -0.1) is 0 Å². The average molecular weight is 374 g/mol. The summed E-state index contributed by atoms with van der Waals surface area (Å²) in [5.41, 5.74) is 1.37. The van der Waals surface area contributed by atoms with Crippen molar-refractivity contribution >= 4 is 18.0 Å². The molecule has 1 aromatic carbocycles. The molecule has 1 atom stereocenters. The Morgan fingerprint density at radius 2 is 2.00 bits per heavy atom. The number of carbonyl (C=O) groups is 3. The molecule has 1 aromatic rings. The molecule has 0 saturated carbocycles. The molecule has 7 heteroatoms. The summed E-state index contributed by atoms with van der Waals surface area (Å²) in [6.07, 6.45) is 3.34. The SMILES string of the molecule is CCC/C(=C\C(=O)OC)NC(=O)[C@@H]1CCCN1C(=O)OCc1ccccc1. The first-order valence-corrected chi connectivity index (χ1v) is 9.11. The number of likely N-dealkylation sites (tertiary alicyclic amines) is 1. The molecule has 1 N–H and O–H groups in total. The van der Waals surface area contributed by atoms with Crippen molar-refractivity contribution in [2.75, 3.05) is 13.7 Å². The number of methoxy groups -OCH3 is 1. The van der Waals surface area contributed by atoms with Gasteiger partial charge in [-0.3, -0.25) is 9.69 Å². The second-order valence-corrected chi connectivity index (χ2v) is 6.32. The fourth-order valence-electron chi connectivity index (χ4n) is 2.94. The van der Waals surface area contributed by atoms with Crippen LogP contribution in [0.3, 0.4) is 0 Å². The predicted molar refractivity (Wildman–Crippen MR) is 99.5 cm³/mol. The highest BCUT2D eigenvalue weighted by molar-refractivity contribution is 5.89. The van der Waals surface area contributed by atoms with Crippen molar-refractivity contribution in [3.63, 3.8) is 0 Å². The third-order valence-electron chi connectivity index (χ3n) is 4.29. The van der Waals surface area contributed by atoms with Crippen molar-refractivity contribution in [1.82, 2.24) is 10.2 Å². The van der Waals surface area contributed by atoms with E-state index in [9.17, 15) is 14.4 Å². The molecular formula is C20H26N2O5. The van der Waals surface area contributed by atoms with Crippen LogP contribution in [0.2, 0.25) is 0 Å². The van der Waals surface area contributed by atoms with Gasteiger partial charge in [0.15, 0.2) is 0 Å². The summed E-state index contributed by atoms with van der Waals surface area (Å²) in [5.74, 6) is -0.836. The van der Waals surface area contributed by atoms with E-state index in [1.807, 2.05) is 37.3 Å². The lowest BCUT2D eigenvalue weighted by atomic mass is 10.2. The molecule has 0 radical (unpaired) electrons. The molecule has 2 rings (SSSR count). The molecule has 0 aliphatic carbocycles. The Bertz CT molecular complexity index is 687. The lowest BCUT2D eigenvalue weighted by molar-refractivity contribution is -0.134. The van der Waals surface area contributed by atoms with Crippen LogP contribution in [0.5, 0.6) is 0 Å². The Morgan fingerprint density at radius 3 is 2.67 bits per heavy atom. The average Bonchev–Trinajstić information content (AvgIpc) is 3.17. The number of allylic oxidation sites excluding steroid dienone is 1. The fourth-order valence-corrected chi connectivity index (χ4v) is 2.94.